The Balaban J connectivity index is 3.31. The summed E-state index contributed by atoms with van der Waals surface area (Å²) in [5, 5.41) is 8.75. The Morgan fingerprint density at radius 3 is 2.60 bits per heavy atom. The molecule has 4 heteroatoms. The lowest BCUT2D eigenvalue weighted by Gasteiger charge is -1.97. The molecule has 0 spiro atoms. The molecule has 0 fully saturated rings. The van der Waals surface area contributed by atoms with E-state index < -0.39 is 5.82 Å². The molecule has 0 unspecified atom stereocenters. The van der Waals surface area contributed by atoms with E-state index in [9.17, 15) is 4.39 Å². The molecule has 1 nitrogen and oxygen atoms in total. The Labute approximate surface area is 70.6 Å². The monoisotopic (exact) mass is 224 g/mol. The van der Waals surface area contributed by atoms with Crippen LogP contribution in [0.15, 0.2) is 16.6 Å². The van der Waals surface area contributed by atoms with Crippen LogP contribution in [0.4, 0.5) is 4.39 Å². The van der Waals surface area contributed by atoms with E-state index in [2.05, 4.69) is 15.9 Å². The molecule has 0 heterocycles. The molecule has 0 aliphatic carbocycles. The van der Waals surface area contributed by atoms with Crippen molar-refractivity contribution < 1.29 is 9.50 Å². The second-order valence-electron chi connectivity index (χ2n) is 1.72. The quantitative estimate of drug-likeness (QED) is 0.673. The van der Waals surface area contributed by atoms with Gasteiger partial charge in [-0.25, -0.2) is 4.39 Å². The van der Waals surface area contributed by atoms with E-state index in [0.717, 1.165) is 6.07 Å². The van der Waals surface area contributed by atoms with E-state index >= 15 is 0 Å². The third-order valence-electron chi connectivity index (χ3n) is 0.969. The lowest BCUT2D eigenvalue weighted by molar-refractivity contribution is 0.472. The lowest BCUT2D eigenvalue weighted by Crippen LogP contribution is -1.77. The Kier molecular flexibility index (Phi) is 2.16. The summed E-state index contributed by atoms with van der Waals surface area (Å²) >= 11 is 8.23. The van der Waals surface area contributed by atoms with Crippen molar-refractivity contribution >= 4 is 27.5 Å². The van der Waals surface area contributed by atoms with E-state index in [1.807, 2.05) is 0 Å². The van der Waals surface area contributed by atoms with Crippen molar-refractivity contribution in [1.82, 2.24) is 0 Å². The maximum absolute atomic E-state index is 12.6. The molecule has 10 heavy (non-hydrogen) atoms. The lowest BCUT2D eigenvalue weighted by atomic mass is 10.3. The van der Waals surface area contributed by atoms with Crippen LogP contribution in [-0.4, -0.2) is 5.11 Å². The van der Waals surface area contributed by atoms with Crippen molar-refractivity contribution in [2.45, 2.75) is 0 Å². The highest BCUT2D eigenvalue weighted by molar-refractivity contribution is 9.10. The van der Waals surface area contributed by atoms with Crippen LogP contribution in [0.2, 0.25) is 5.02 Å². The number of hydrogen-bond acceptors (Lipinski definition) is 1. The Morgan fingerprint density at radius 1 is 1.50 bits per heavy atom. The van der Waals surface area contributed by atoms with Gasteiger partial charge in [-0.05, 0) is 22.0 Å². The molecule has 0 saturated carbocycles. The van der Waals surface area contributed by atoms with E-state index in [1.165, 1.54) is 6.07 Å². The van der Waals surface area contributed by atoms with Crippen molar-refractivity contribution in [3.63, 3.8) is 0 Å². The van der Waals surface area contributed by atoms with Gasteiger partial charge in [0.1, 0.15) is 5.75 Å². The molecular weight excluding hydrogens is 222 g/mol. The molecule has 54 valence electrons. The highest BCUT2D eigenvalue weighted by Gasteiger charge is 2.05. The van der Waals surface area contributed by atoms with Crippen molar-refractivity contribution in [2.24, 2.45) is 0 Å². The Morgan fingerprint density at radius 2 is 2.10 bits per heavy atom. The molecule has 0 amide bonds. The van der Waals surface area contributed by atoms with Gasteiger partial charge in [0, 0.05) is 6.07 Å². The smallest absolute Gasteiger partial charge is 0.156 e. The molecule has 0 bridgehead atoms. The van der Waals surface area contributed by atoms with E-state index in [1.54, 1.807) is 0 Å². The van der Waals surface area contributed by atoms with E-state index in [0.29, 0.717) is 0 Å². The largest absolute Gasteiger partial charge is 0.508 e. The molecule has 1 N–H and O–H groups in total. The first-order valence-corrected chi connectivity index (χ1v) is 3.62. The van der Waals surface area contributed by atoms with Crippen LogP contribution in [0.1, 0.15) is 0 Å². The fourth-order valence-corrected chi connectivity index (χ4v) is 1.32. The second kappa shape index (κ2) is 2.76. The molecule has 1 aromatic carbocycles. The van der Waals surface area contributed by atoms with Crippen molar-refractivity contribution in [1.29, 1.82) is 0 Å². The summed E-state index contributed by atoms with van der Waals surface area (Å²) in [7, 11) is 0. The third kappa shape index (κ3) is 1.41. The normalized spacial score (nSPS) is 9.90. The van der Waals surface area contributed by atoms with Crippen molar-refractivity contribution in [3.8, 4) is 5.75 Å². The summed E-state index contributed by atoms with van der Waals surface area (Å²) in [5.41, 5.74) is 0. The highest BCUT2D eigenvalue weighted by Crippen LogP contribution is 2.27. The zero-order valence-corrected chi connectivity index (χ0v) is 7.08. The van der Waals surface area contributed by atoms with Crippen LogP contribution in [0, 0.1) is 5.82 Å². The van der Waals surface area contributed by atoms with Gasteiger partial charge < -0.3 is 5.11 Å². The molecule has 0 saturated heterocycles. The highest BCUT2D eigenvalue weighted by atomic mass is 79.9. The van der Waals surface area contributed by atoms with Crippen LogP contribution >= 0.6 is 27.5 Å². The van der Waals surface area contributed by atoms with Crippen LogP contribution in [0.3, 0.4) is 0 Å². The van der Waals surface area contributed by atoms with E-state index in [4.69, 9.17) is 16.7 Å². The SMILES string of the molecule is Oc1cc(Cl)c(F)c(Br)c1. The minimum absolute atomic E-state index is 0.0572. The average molecular weight is 225 g/mol. The van der Waals surface area contributed by atoms with Gasteiger partial charge in [0.05, 0.1) is 9.50 Å². The van der Waals surface area contributed by atoms with Gasteiger partial charge >= 0.3 is 0 Å². The maximum atomic E-state index is 12.6. The average Bonchev–Trinajstić information content (AvgIpc) is 1.82. The van der Waals surface area contributed by atoms with Gasteiger partial charge in [-0.2, -0.15) is 0 Å². The van der Waals surface area contributed by atoms with Gasteiger partial charge in [0.15, 0.2) is 5.82 Å². The number of phenols is 1. The summed E-state index contributed by atoms with van der Waals surface area (Å²) in [4.78, 5) is 0. The predicted octanol–water partition coefficient (Wildman–Crippen LogP) is 2.95. The van der Waals surface area contributed by atoms with Crippen molar-refractivity contribution in [2.75, 3.05) is 0 Å². The number of benzene rings is 1. The molecule has 0 radical (unpaired) electrons. The summed E-state index contributed by atoms with van der Waals surface area (Å²) in [6, 6.07) is 2.38. The number of aromatic hydroxyl groups is 1. The Hall–Kier alpha value is -0.280. The van der Waals surface area contributed by atoms with Gasteiger partial charge in [0.2, 0.25) is 0 Å². The zero-order valence-electron chi connectivity index (χ0n) is 4.74. The number of hydrogen-bond donors (Lipinski definition) is 1. The summed E-state index contributed by atoms with van der Waals surface area (Å²) in [5.74, 6) is -0.613. The number of halogens is 3. The maximum Gasteiger partial charge on any atom is 0.156 e. The van der Waals surface area contributed by atoms with E-state index in [-0.39, 0.29) is 15.2 Å². The first-order chi connectivity index (χ1) is 4.61. The molecular formula is C6H3BrClFO. The van der Waals surface area contributed by atoms with Gasteiger partial charge in [-0.15, -0.1) is 0 Å². The van der Waals surface area contributed by atoms with Gasteiger partial charge in [-0.1, -0.05) is 11.6 Å². The standard InChI is InChI=1S/C6H3BrClFO/c7-4-1-3(10)2-5(8)6(4)9/h1-2,10H. The summed E-state index contributed by atoms with van der Waals surface area (Å²) < 4.78 is 12.8. The fraction of sp³-hybridized carbons (Fsp3) is 0. The van der Waals surface area contributed by atoms with Crippen LogP contribution in [0.25, 0.3) is 0 Å². The molecule has 0 atom stereocenters. The zero-order chi connectivity index (χ0) is 7.72. The van der Waals surface area contributed by atoms with Crippen LogP contribution in [-0.2, 0) is 0 Å². The third-order valence-corrected chi connectivity index (χ3v) is 1.82. The summed E-state index contributed by atoms with van der Waals surface area (Å²) in [6.45, 7) is 0. The summed E-state index contributed by atoms with van der Waals surface area (Å²) in [6.07, 6.45) is 0. The minimum atomic E-state index is -0.556. The molecule has 1 rings (SSSR count). The van der Waals surface area contributed by atoms with Crippen LogP contribution in [0.5, 0.6) is 5.75 Å². The topological polar surface area (TPSA) is 20.2 Å². The number of phenolic OH excluding ortho intramolecular Hbond substituents is 1. The van der Waals surface area contributed by atoms with Gasteiger partial charge in [0.25, 0.3) is 0 Å². The predicted molar refractivity (Wildman–Crippen MR) is 40.8 cm³/mol. The molecule has 0 aliphatic rings. The van der Waals surface area contributed by atoms with Crippen LogP contribution < -0.4 is 0 Å². The molecule has 0 aliphatic heterocycles. The second-order valence-corrected chi connectivity index (χ2v) is 2.98. The first kappa shape index (κ1) is 7.82. The Bertz CT molecular complexity index is 241. The fourth-order valence-electron chi connectivity index (χ4n) is 0.542. The number of rotatable bonds is 0. The molecule has 0 aromatic heterocycles. The minimum Gasteiger partial charge on any atom is -0.508 e. The van der Waals surface area contributed by atoms with Crippen molar-refractivity contribution in [3.05, 3.63) is 27.4 Å². The molecule has 1 aromatic rings. The first-order valence-electron chi connectivity index (χ1n) is 2.45. The van der Waals surface area contributed by atoms with Gasteiger partial charge in [-0.3, -0.25) is 0 Å².